The molecule has 0 spiro atoms. The second-order valence-electron chi connectivity index (χ2n) is 7.62. The van der Waals surface area contributed by atoms with Gasteiger partial charge in [-0.2, -0.15) is 0 Å². The number of esters is 1. The number of methoxy groups -OCH3 is 1. The predicted molar refractivity (Wildman–Crippen MR) is 124 cm³/mol. The molecule has 0 saturated heterocycles. The average molecular weight is 489 g/mol. The quantitative estimate of drug-likeness (QED) is 0.327. The molecular formula is C26H24GeO5. The molecule has 6 heteroatoms. The van der Waals surface area contributed by atoms with Crippen LogP contribution >= 0.6 is 0 Å². The molecule has 0 N–H and O–H groups in total. The van der Waals surface area contributed by atoms with Crippen molar-refractivity contribution < 1.29 is 23.9 Å². The summed E-state index contributed by atoms with van der Waals surface area (Å²) in [4.78, 5) is 54.4. The van der Waals surface area contributed by atoms with Crippen molar-refractivity contribution in [3.05, 3.63) is 108 Å². The third kappa shape index (κ3) is 4.63. The minimum absolute atomic E-state index is 0.123. The molecule has 0 bridgehead atoms. The van der Waals surface area contributed by atoms with Crippen LogP contribution in [0.15, 0.2) is 91.0 Å². The summed E-state index contributed by atoms with van der Waals surface area (Å²) in [6, 6.07) is 25.2. The fourth-order valence-electron chi connectivity index (χ4n) is 3.84. The summed E-state index contributed by atoms with van der Waals surface area (Å²) in [5.41, 5.74) is 0.911. The molecule has 0 heterocycles. The van der Waals surface area contributed by atoms with Crippen LogP contribution in [-0.2, 0) is 9.53 Å². The van der Waals surface area contributed by atoms with E-state index >= 15 is 0 Å². The van der Waals surface area contributed by atoms with Crippen LogP contribution in [0.1, 0.15) is 38.0 Å². The number of hydrogen-bond acceptors (Lipinski definition) is 5. The van der Waals surface area contributed by atoms with Gasteiger partial charge in [0.2, 0.25) is 0 Å². The maximum absolute atomic E-state index is 14.0. The van der Waals surface area contributed by atoms with Gasteiger partial charge in [0.25, 0.3) is 0 Å². The van der Waals surface area contributed by atoms with Crippen LogP contribution in [0.25, 0.3) is 0 Å². The van der Waals surface area contributed by atoms with E-state index in [1.54, 1.807) is 97.9 Å². The van der Waals surface area contributed by atoms with E-state index in [2.05, 4.69) is 0 Å². The third-order valence-corrected chi connectivity index (χ3v) is 14.8. The summed E-state index contributed by atoms with van der Waals surface area (Å²) in [5, 5.41) is -0.123. The van der Waals surface area contributed by atoms with Gasteiger partial charge in [-0.25, -0.2) is 0 Å². The molecule has 5 nitrogen and oxygen atoms in total. The number of hydrogen-bond donors (Lipinski definition) is 0. The first-order valence-corrected chi connectivity index (χ1v) is 14.9. The van der Waals surface area contributed by atoms with Crippen LogP contribution in [0, 0.1) is 5.92 Å². The average Bonchev–Trinajstić information content (AvgIpc) is 2.87. The second-order valence-corrected chi connectivity index (χ2v) is 15.1. The van der Waals surface area contributed by atoms with Crippen molar-refractivity contribution in [2.24, 2.45) is 5.92 Å². The van der Waals surface area contributed by atoms with Crippen molar-refractivity contribution >= 4 is 33.1 Å². The molecular weight excluding hydrogens is 465 g/mol. The van der Waals surface area contributed by atoms with Crippen molar-refractivity contribution in [1.82, 2.24) is 0 Å². The van der Waals surface area contributed by atoms with Gasteiger partial charge in [-0.1, -0.05) is 0 Å². The first-order chi connectivity index (χ1) is 15.4. The van der Waals surface area contributed by atoms with E-state index < -0.39 is 39.0 Å². The number of ether oxygens (including phenoxy) is 1. The monoisotopic (exact) mass is 490 g/mol. The van der Waals surface area contributed by atoms with E-state index in [1.165, 1.54) is 7.11 Å². The standard InChI is InChI=1S/C26H24GeO5/c1-19(26(31)32-2)18-27(23(28)20-12-6-3-7-13-20,24(29)21-14-8-4-9-15-21)25(30)22-16-10-5-11-17-22/h3-17,19H,18H2,1-2H3. The molecule has 0 aliphatic heterocycles. The molecule has 0 amide bonds. The van der Waals surface area contributed by atoms with E-state index in [0.29, 0.717) is 16.7 Å². The molecule has 1 unspecified atom stereocenters. The van der Waals surface area contributed by atoms with Gasteiger partial charge in [-0.05, 0) is 0 Å². The van der Waals surface area contributed by atoms with Gasteiger partial charge in [-0.15, -0.1) is 0 Å². The molecule has 0 aliphatic rings. The van der Waals surface area contributed by atoms with Crippen LogP contribution in [-0.4, -0.2) is 40.2 Å². The molecule has 0 aromatic heterocycles. The summed E-state index contributed by atoms with van der Waals surface area (Å²) in [6.45, 7) is 1.60. The van der Waals surface area contributed by atoms with Gasteiger partial charge in [0.15, 0.2) is 0 Å². The Morgan fingerprint density at radius 1 is 0.656 bits per heavy atom. The van der Waals surface area contributed by atoms with Gasteiger partial charge < -0.3 is 0 Å². The van der Waals surface area contributed by atoms with Crippen LogP contribution < -0.4 is 0 Å². The van der Waals surface area contributed by atoms with Crippen molar-refractivity contribution in [2.75, 3.05) is 7.11 Å². The topological polar surface area (TPSA) is 77.5 Å². The van der Waals surface area contributed by atoms with Crippen molar-refractivity contribution in [3.8, 4) is 0 Å². The molecule has 0 radical (unpaired) electrons. The van der Waals surface area contributed by atoms with Crippen LogP contribution in [0.2, 0.25) is 5.25 Å². The molecule has 0 saturated carbocycles. The summed E-state index contributed by atoms with van der Waals surface area (Å²) in [6.07, 6.45) is 0. The van der Waals surface area contributed by atoms with Crippen molar-refractivity contribution in [2.45, 2.75) is 12.2 Å². The number of carbonyl (C=O) groups is 4. The normalized spacial score (nSPS) is 11.9. The van der Waals surface area contributed by atoms with E-state index in [-0.39, 0.29) is 5.25 Å². The Hall–Kier alpha value is -3.32. The fraction of sp³-hybridized carbons (Fsp3) is 0.154. The zero-order chi connectivity index (χ0) is 23.1. The Morgan fingerprint density at radius 3 is 1.25 bits per heavy atom. The Bertz CT molecular complexity index is 986. The first-order valence-electron chi connectivity index (χ1n) is 10.3. The molecule has 162 valence electrons. The molecule has 3 aromatic carbocycles. The van der Waals surface area contributed by atoms with Gasteiger partial charge in [0.1, 0.15) is 0 Å². The molecule has 3 rings (SSSR count). The van der Waals surface area contributed by atoms with E-state index in [9.17, 15) is 19.2 Å². The maximum atomic E-state index is 14.0. The summed E-state index contributed by atoms with van der Waals surface area (Å²) < 4.78 is 3.51. The van der Waals surface area contributed by atoms with E-state index in [0.717, 1.165) is 0 Å². The summed E-state index contributed by atoms with van der Waals surface area (Å²) >= 11 is -4.91. The van der Waals surface area contributed by atoms with E-state index in [4.69, 9.17) is 4.74 Å². The van der Waals surface area contributed by atoms with Gasteiger partial charge in [-0.3, -0.25) is 0 Å². The Labute approximate surface area is 189 Å². The summed E-state index contributed by atoms with van der Waals surface area (Å²) in [5.74, 6) is -1.34. The van der Waals surface area contributed by atoms with Crippen LogP contribution in [0.4, 0.5) is 0 Å². The zero-order valence-corrected chi connectivity index (χ0v) is 20.1. The van der Waals surface area contributed by atoms with Crippen molar-refractivity contribution in [1.29, 1.82) is 0 Å². The Kier molecular flexibility index (Phi) is 7.54. The van der Waals surface area contributed by atoms with Gasteiger partial charge in [0.05, 0.1) is 0 Å². The molecule has 0 fully saturated rings. The van der Waals surface area contributed by atoms with Crippen LogP contribution in [0.3, 0.4) is 0 Å². The van der Waals surface area contributed by atoms with Crippen molar-refractivity contribution in [3.63, 3.8) is 0 Å². The SMILES string of the molecule is COC(=O)C(C)[CH2][Ge]([C](=O)c1ccccc1)([C](=O)c1ccccc1)[C](=O)c1ccccc1. The molecule has 0 aliphatic carbocycles. The Morgan fingerprint density at radius 2 is 0.969 bits per heavy atom. The summed E-state index contributed by atoms with van der Waals surface area (Å²) in [7, 11) is 1.25. The molecule has 1 atom stereocenters. The predicted octanol–water partition coefficient (Wildman–Crippen LogP) is 4.51. The number of carbonyl (C=O) groups excluding carboxylic acids is 4. The van der Waals surface area contributed by atoms with Gasteiger partial charge in [0, 0.05) is 0 Å². The van der Waals surface area contributed by atoms with Crippen LogP contribution in [0.5, 0.6) is 0 Å². The zero-order valence-electron chi connectivity index (χ0n) is 18.0. The second kappa shape index (κ2) is 10.3. The third-order valence-electron chi connectivity index (χ3n) is 5.49. The first kappa shape index (κ1) is 23.3. The molecule has 32 heavy (non-hydrogen) atoms. The number of rotatable bonds is 9. The van der Waals surface area contributed by atoms with E-state index in [1.807, 2.05) is 0 Å². The number of benzene rings is 3. The minimum atomic E-state index is -4.91. The molecule has 3 aromatic rings. The van der Waals surface area contributed by atoms with Gasteiger partial charge >= 0.3 is 190 Å². The Balaban J connectivity index is 2.28. The fourth-order valence-corrected chi connectivity index (χ4v) is 12.7.